The maximum absolute atomic E-state index is 12.4. The molecule has 0 bridgehead atoms. The number of halogens is 2. The zero-order chi connectivity index (χ0) is 12.0. The maximum atomic E-state index is 12.4. The van der Waals surface area contributed by atoms with Crippen LogP contribution in [0.25, 0.3) is 0 Å². The van der Waals surface area contributed by atoms with E-state index >= 15 is 0 Å². The van der Waals surface area contributed by atoms with Crippen molar-refractivity contribution in [2.75, 3.05) is 31.5 Å². The van der Waals surface area contributed by atoms with Gasteiger partial charge in [0.25, 0.3) is 0 Å². The van der Waals surface area contributed by atoms with Crippen LogP contribution >= 0.6 is 30.9 Å². The van der Waals surface area contributed by atoms with Crippen molar-refractivity contribution in [3.8, 4) is 0 Å². The first kappa shape index (κ1) is 14.7. The number of rotatable bonds is 6. The van der Waals surface area contributed by atoms with Crippen molar-refractivity contribution >= 4 is 30.9 Å². The first-order chi connectivity index (χ1) is 7.68. The van der Waals surface area contributed by atoms with Crippen LogP contribution in [0.1, 0.15) is 6.42 Å². The highest BCUT2D eigenvalue weighted by Crippen LogP contribution is 2.51. The van der Waals surface area contributed by atoms with Gasteiger partial charge in [0.2, 0.25) is 0 Å². The van der Waals surface area contributed by atoms with Gasteiger partial charge in [0.15, 0.2) is 6.23 Å². The van der Waals surface area contributed by atoms with Gasteiger partial charge in [0, 0.05) is 31.3 Å². The molecule has 0 amide bonds. The normalized spacial score (nSPS) is 31.8. The van der Waals surface area contributed by atoms with Crippen LogP contribution in [0, 0.1) is 0 Å². The number of nitrogens with zero attached hydrogens (tertiary/aromatic N) is 1. The monoisotopic (exact) mass is 292 g/mol. The van der Waals surface area contributed by atoms with Crippen molar-refractivity contribution in [2.24, 2.45) is 0 Å². The van der Waals surface area contributed by atoms with E-state index in [-0.39, 0.29) is 12.5 Å². The van der Waals surface area contributed by atoms with E-state index in [1.165, 1.54) is 4.67 Å². The Hall–Kier alpha value is 0.610. The lowest BCUT2D eigenvalue weighted by atomic mass is 10.4. The molecule has 96 valence electrons. The highest BCUT2D eigenvalue weighted by atomic mass is 35.5. The van der Waals surface area contributed by atoms with E-state index in [0.717, 1.165) is 0 Å². The van der Waals surface area contributed by atoms with E-state index in [0.29, 0.717) is 25.4 Å². The Morgan fingerprint density at radius 2 is 2.31 bits per heavy atom. The summed E-state index contributed by atoms with van der Waals surface area (Å²) in [5, 5.41) is 11.5. The van der Waals surface area contributed by atoms with Gasteiger partial charge in [-0.2, -0.15) is 4.67 Å². The average molecular weight is 293 g/mol. The molecule has 0 spiro atoms. The van der Waals surface area contributed by atoms with Gasteiger partial charge in [-0.15, -0.1) is 23.2 Å². The molecule has 9 heteroatoms. The van der Waals surface area contributed by atoms with Crippen LogP contribution in [-0.2, 0) is 14.0 Å². The molecular formula is C7H15Cl2N2O4P. The molecule has 0 aromatic rings. The van der Waals surface area contributed by atoms with Crippen LogP contribution in [0.4, 0.5) is 0 Å². The Bertz CT molecular complexity index is 259. The van der Waals surface area contributed by atoms with Crippen LogP contribution in [0.2, 0.25) is 0 Å². The highest BCUT2D eigenvalue weighted by molar-refractivity contribution is 7.54. The van der Waals surface area contributed by atoms with E-state index in [1.807, 2.05) is 0 Å². The van der Waals surface area contributed by atoms with E-state index < -0.39 is 13.9 Å². The van der Waals surface area contributed by atoms with E-state index in [1.54, 1.807) is 0 Å². The Balaban J connectivity index is 2.73. The average Bonchev–Trinajstić information content (AvgIpc) is 2.30. The molecule has 1 aliphatic rings. The molecule has 0 aliphatic carbocycles. The number of hydrogen-bond donors (Lipinski definition) is 2. The fraction of sp³-hybridized carbons (Fsp3) is 1.00. The summed E-state index contributed by atoms with van der Waals surface area (Å²) < 4.78 is 19.0. The van der Waals surface area contributed by atoms with Crippen LogP contribution in [0.15, 0.2) is 0 Å². The van der Waals surface area contributed by atoms with Crippen molar-refractivity contribution in [3.05, 3.63) is 0 Å². The lowest BCUT2D eigenvalue weighted by Crippen LogP contribution is -2.44. The summed E-state index contributed by atoms with van der Waals surface area (Å²) in [6.07, 6.45) is -0.235. The first-order valence-corrected chi connectivity index (χ1v) is 7.51. The van der Waals surface area contributed by atoms with Crippen molar-refractivity contribution in [1.29, 1.82) is 0 Å². The highest BCUT2D eigenvalue weighted by Gasteiger charge is 2.41. The molecule has 1 aliphatic heterocycles. The molecule has 0 radical (unpaired) electrons. The molecular weight excluding hydrogens is 278 g/mol. The fourth-order valence-corrected chi connectivity index (χ4v) is 4.01. The second kappa shape index (κ2) is 7.13. The lowest BCUT2D eigenvalue weighted by Gasteiger charge is -2.38. The minimum atomic E-state index is -3.20. The van der Waals surface area contributed by atoms with Crippen LogP contribution in [0.5, 0.6) is 0 Å². The largest absolute Gasteiger partial charge is 0.345 e. The molecule has 16 heavy (non-hydrogen) atoms. The van der Waals surface area contributed by atoms with Crippen molar-refractivity contribution in [1.82, 2.24) is 9.76 Å². The van der Waals surface area contributed by atoms with E-state index in [9.17, 15) is 4.57 Å². The summed E-state index contributed by atoms with van der Waals surface area (Å²) in [5.74, 6) is 0.572. The van der Waals surface area contributed by atoms with Gasteiger partial charge >= 0.3 is 7.67 Å². The molecule has 1 rings (SSSR count). The summed E-state index contributed by atoms with van der Waals surface area (Å²) in [7, 11) is -3.20. The summed E-state index contributed by atoms with van der Waals surface area (Å²) in [6, 6.07) is 0. The lowest BCUT2D eigenvalue weighted by molar-refractivity contribution is -0.308. The van der Waals surface area contributed by atoms with Gasteiger partial charge in [0.1, 0.15) is 0 Å². The van der Waals surface area contributed by atoms with E-state index in [2.05, 4.69) is 9.97 Å². The van der Waals surface area contributed by atoms with Gasteiger partial charge < -0.3 is 4.52 Å². The fourth-order valence-electron chi connectivity index (χ4n) is 1.46. The minimum Gasteiger partial charge on any atom is -0.306 e. The zero-order valence-electron chi connectivity index (χ0n) is 8.64. The molecule has 6 nitrogen and oxygen atoms in total. The van der Waals surface area contributed by atoms with Gasteiger partial charge in [-0.3, -0.25) is 9.82 Å². The molecule has 0 aromatic heterocycles. The van der Waals surface area contributed by atoms with Crippen molar-refractivity contribution < 1.29 is 19.2 Å². The summed E-state index contributed by atoms with van der Waals surface area (Å²) >= 11 is 11.1. The van der Waals surface area contributed by atoms with Gasteiger partial charge in [-0.05, 0) is 0 Å². The molecule has 1 unspecified atom stereocenters. The van der Waals surface area contributed by atoms with Crippen molar-refractivity contribution in [2.45, 2.75) is 12.6 Å². The summed E-state index contributed by atoms with van der Waals surface area (Å²) in [4.78, 5) is 4.27. The second-order valence-corrected chi connectivity index (χ2v) is 6.04. The number of alkyl halides is 2. The molecule has 2 N–H and O–H groups in total. The van der Waals surface area contributed by atoms with E-state index in [4.69, 9.17) is 33.0 Å². The Kier molecular flexibility index (Phi) is 6.54. The van der Waals surface area contributed by atoms with Crippen LogP contribution < -0.4 is 5.09 Å². The molecule has 2 atom stereocenters. The van der Waals surface area contributed by atoms with Crippen molar-refractivity contribution in [3.63, 3.8) is 0 Å². The quantitative estimate of drug-likeness (QED) is 0.336. The minimum absolute atomic E-state index is 0.247. The SMILES string of the molecule is O=P1(NCCCl)OCC[C@H](OO)N1CCCl. The third-order valence-corrected chi connectivity index (χ3v) is 4.79. The third kappa shape index (κ3) is 3.55. The molecule has 1 saturated heterocycles. The second-order valence-electron chi connectivity index (χ2n) is 3.15. The van der Waals surface area contributed by atoms with Crippen LogP contribution in [0.3, 0.4) is 0 Å². The maximum Gasteiger partial charge on any atom is 0.345 e. The standard InChI is InChI=1S/C7H15Cl2N2O4P/c8-2-4-10-16(13)11(5-3-9)7(15-12)1-6-14-16/h7,12H,1-6H2,(H,10,13)/t7-,16?/m0/s1. The van der Waals surface area contributed by atoms with Gasteiger partial charge in [-0.1, -0.05) is 0 Å². The Morgan fingerprint density at radius 1 is 1.56 bits per heavy atom. The molecule has 1 fully saturated rings. The Labute approximate surface area is 104 Å². The van der Waals surface area contributed by atoms with Gasteiger partial charge in [-0.25, -0.2) is 9.97 Å². The molecule has 0 saturated carbocycles. The number of nitrogens with one attached hydrogen (secondary N) is 1. The summed E-state index contributed by atoms with van der Waals surface area (Å²) in [5.41, 5.74) is 0. The third-order valence-electron chi connectivity index (χ3n) is 2.14. The number of hydrogen-bond acceptors (Lipinski definition) is 4. The summed E-state index contributed by atoms with van der Waals surface area (Å²) in [6.45, 7) is 0.881. The molecule has 1 heterocycles. The van der Waals surface area contributed by atoms with Gasteiger partial charge in [0.05, 0.1) is 6.61 Å². The predicted octanol–water partition coefficient (Wildman–Crippen LogP) is 1.70. The smallest absolute Gasteiger partial charge is 0.306 e. The Morgan fingerprint density at radius 3 is 2.88 bits per heavy atom. The zero-order valence-corrected chi connectivity index (χ0v) is 11.0. The first-order valence-electron chi connectivity index (χ1n) is 4.87. The van der Waals surface area contributed by atoms with Crippen LogP contribution in [-0.4, -0.2) is 47.6 Å². The predicted molar refractivity (Wildman–Crippen MR) is 61.8 cm³/mol. The molecule has 0 aromatic carbocycles. The topological polar surface area (TPSA) is 71.0 Å².